The Balaban J connectivity index is 1.87. The molecule has 0 unspecified atom stereocenters. The molecule has 23 heavy (non-hydrogen) atoms. The molecule has 1 aromatic rings. The number of ether oxygens (including phenoxy) is 1. The van der Waals surface area contributed by atoms with E-state index in [0.717, 1.165) is 50.5 Å². The van der Waals surface area contributed by atoms with Crippen molar-refractivity contribution in [2.24, 2.45) is 5.73 Å². The summed E-state index contributed by atoms with van der Waals surface area (Å²) < 4.78 is 5.13. The standard InChI is InChI=1S/C18H28N2O3/c19-17(21)13-9-4-2-1-3-5-10-14-20-18(22)23-15-16-11-7-6-8-12-16/h6-8,11-12H,1-5,9-10,13-15H2,(H2,19,21)(H,20,22). The van der Waals surface area contributed by atoms with Crippen LogP contribution in [0, 0.1) is 0 Å². The van der Waals surface area contributed by atoms with Crippen molar-refractivity contribution in [3.63, 3.8) is 0 Å². The minimum Gasteiger partial charge on any atom is -0.445 e. The molecule has 128 valence electrons. The molecular weight excluding hydrogens is 292 g/mol. The molecule has 0 aromatic heterocycles. The molecule has 3 N–H and O–H groups in total. The van der Waals surface area contributed by atoms with Crippen LogP contribution in [0.15, 0.2) is 30.3 Å². The number of rotatable bonds is 12. The van der Waals surface area contributed by atoms with Gasteiger partial charge in [0.15, 0.2) is 0 Å². The Bertz CT molecular complexity index is 449. The Morgan fingerprint density at radius 2 is 1.52 bits per heavy atom. The Morgan fingerprint density at radius 3 is 2.17 bits per heavy atom. The number of carbonyl (C=O) groups is 2. The smallest absolute Gasteiger partial charge is 0.407 e. The first-order valence-corrected chi connectivity index (χ1v) is 8.41. The highest BCUT2D eigenvalue weighted by atomic mass is 16.5. The zero-order valence-corrected chi connectivity index (χ0v) is 13.8. The first-order valence-electron chi connectivity index (χ1n) is 8.41. The lowest BCUT2D eigenvalue weighted by Gasteiger charge is -2.07. The number of amides is 2. The molecule has 1 rings (SSSR count). The van der Waals surface area contributed by atoms with E-state index in [1.807, 2.05) is 30.3 Å². The van der Waals surface area contributed by atoms with Crippen LogP contribution in [0.3, 0.4) is 0 Å². The lowest BCUT2D eigenvalue weighted by molar-refractivity contribution is -0.118. The van der Waals surface area contributed by atoms with E-state index >= 15 is 0 Å². The summed E-state index contributed by atoms with van der Waals surface area (Å²) in [6.07, 6.45) is 7.59. The van der Waals surface area contributed by atoms with Crippen molar-refractivity contribution in [1.29, 1.82) is 0 Å². The number of alkyl carbamates (subject to hydrolysis) is 1. The second-order valence-electron chi connectivity index (χ2n) is 5.68. The fourth-order valence-corrected chi connectivity index (χ4v) is 2.27. The van der Waals surface area contributed by atoms with Crippen LogP contribution in [-0.2, 0) is 16.1 Å². The summed E-state index contributed by atoms with van der Waals surface area (Å²) in [6.45, 7) is 0.952. The monoisotopic (exact) mass is 320 g/mol. The van der Waals surface area contributed by atoms with Crippen LogP contribution in [0.4, 0.5) is 4.79 Å². The maximum Gasteiger partial charge on any atom is 0.407 e. The molecule has 0 saturated carbocycles. The summed E-state index contributed by atoms with van der Waals surface area (Å²) in [5, 5.41) is 2.76. The Labute approximate surface area is 138 Å². The SMILES string of the molecule is NC(=O)CCCCCCCCCNC(=O)OCc1ccccc1. The molecule has 0 fully saturated rings. The largest absolute Gasteiger partial charge is 0.445 e. The predicted octanol–water partition coefficient (Wildman–Crippen LogP) is 3.52. The highest BCUT2D eigenvalue weighted by molar-refractivity contribution is 5.73. The lowest BCUT2D eigenvalue weighted by Crippen LogP contribution is -2.25. The van der Waals surface area contributed by atoms with Crippen LogP contribution in [-0.4, -0.2) is 18.5 Å². The van der Waals surface area contributed by atoms with Crippen molar-refractivity contribution in [1.82, 2.24) is 5.32 Å². The quantitative estimate of drug-likeness (QED) is 0.578. The van der Waals surface area contributed by atoms with E-state index in [1.165, 1.54) is 0 Å². The average molecular weight is 320 g/mol. The first-order chi connectivity index (χ1) is 11.2. The van der Waals surface area contributed by atoms with Crippen molar-refractivity contribution >= 4 is 12.0 Å². The van der Waals surface area contributed by atoms with Crippen LogP contribution in [0.25, 0.3) is 0 Å². The van der Waals surface area contributed by atoms with Crippen molar-refractivity contribution in [2.75, 3.05) is 6.54 Å². The Kier molecular flexibility index (Phi) is 10.3. The number of benzene rings is 1. The fourth-order valence-electron chi connectivity index (χ4n) is 2.27. The third kappa shape index (κ3) is 11.2. The van der Waals surface area contributed by atoms with Gasteiger partial charge in [0, 0.05) is 13.0 Å². The Morgan fingerprint density at radius 1 is 0.913 bits per heavy atom. The first kappa shape index (κ1) is 19.0. The molecule has 0 aliphatic carbocycles. The average Bonchev–Trinajstić information content (AvgIpc) is 2.55. The van der Waals surface area contributed by atoms with Crippen molar-refractivity contribution in [3.8, 4) is 0 Å². The van der Waals surface area contributed by atoms with E-state index in [1.54, 1.807) is 0 Å². The van der Waals surface area contributed by atoms with Crippen LogP contribution in [0.2, 0.25) is 0 Å². The molecule has 2 amide bonds. The molecule has 0 aliphatic rings. The molecule has 5 heteroatoms. The van der Waals surface area contributed by atoms with Gasteiger partial charge in [0.25, 0.3) is 0 Å². The summed E-state index contributed by atoms with van der Waals surface area (Å²) in [7, 11) is 0. The molecule has 1 aromatic carbocycles. The van der Waals surface area contributed by atoms with Crippen molar-refractivity contribution in [3.05, 3.63) is 35.9 Å². The van der Waals surface area contributed by atoms with Crippen LogP contribution >= 0.6 is 0 Å². The number of primary amides is 1. The molecule has 0 atom stereocenters. The van der Waals surface area contributed by atoms with Gasteiger partial charge in [-0.15, -0.1) is 0 Å². The number of nitrogens with two attached hydrogens (primary N) is 1. The van der Waals surface area contributed by atoms with Gasteiger partial charge in [0.05, 0.1) is 0 Å². The Hall–Kier alpha value is -2.04. The second kappa shape index (κ2) is 12.5. The summed E-state index contributed by atoms with van der Waals surface area (Å²) in [6, 6.07) is 9.63. The van der Waals surface area contributed by atoms with Crippen molar-refractivity contribution < 1.29 is 14.3 Å². The van der Waals surface area contributed by atoms with Gasteiger partial charge in [-0.25, -0.2) is 4.79 Å². The molecule has 0 bridgehead atoms. The third-order valence-corrected chi connectivity index (χ3v) is 3.58. The molecule has 0 spiro atoms. The van der Waals surface area contributed by atoms with Gasteiger partial charge in [-0.05, 0) is 18.4 Å². The number of carbonyl (C=O) groups excluding carboxylic acids is 2. The zero-order valence-electron chi connectivity index (χ0n) is 13.8. The van der Waals surface area contributed by atoms with Crippen LogP contribution in [0.1, 0.15) is 56.9 Å². The molecule has 0 saturated heterocycles. The highest BCUT2D eigenvalue weighted by Gasteiger charge is 2.01. The minimum atomic E-state index is -0.361. The van der Waals surface area contributed by atoms with E-state index in [0.29, 0.717) is 19.6 Å². The molecular formula is C18H28N2O3. The number of nitrogens with one attached hydrogen (secondary N) is 1. The predicted molar refractivity (Wildman–Crippen MR) is 90.8 cm³/mol. The topological polar surface area (TPSA) is 81.4 Å². The van der Waals surface area contributed by atoms with E-state index in [9.17, 15) is 9.59 Å². The van der Waals surface area contributed by atoms with Crippen molar-refractivity contribution in [2.45, 2.75) is 58.0 Å². The lowest BCUT2D eigenvalue weighted by atomic mass is 10.1. The maximum atomic E-state index is 11.5. The number of hydrogen-bond donors (Lipinski definition) is 2. The summed E-state index contributed by atoms with van der Waals surface area (Å²) in [5.74, 6) is -0.213. The molecule has 0 aliphatic heterocycles. The normalized spacial score (nSPS) is 10.3. The van der Waals surface area contributed by atoms with E-state index in [-0.39, 0.29) is 12.0 Å². The zero-order chi connectivity index (χ0) is 16.8. The van der Waals surface area contributed by atoms with Gasteiger partial charge in [-0.3, -0.25) is 4.79 Å². The van der Waals surface area contributed by atoms with Crippen LogP contribution < -0.4 is 11.1 Å². The van der Waals surface area contributed by atoms with Gasteiger partial charge >= 0.3 is 6.09 Å². The van der Waals surface area contributed by atoms with Crippen LogP contribution in [0.5, 0.6) is 0 Å². The summed E-state index contributed by atoms with van der Waals surface area (Å²) >= 11 is 0. The highest BCUT2D eigenvalue weighted by Crippen LogP contribution is 2.08. The van der Waals surface area contributed by atoms with E-state index in [2.05, 4.69) is 5.32 Å². The summed E-state index contributed by atoms with van der Waals surface area (Å²) in [5.41, 5.74) is 6.07. The second-order valence-corrected chi connectivity index (χ2v) is 5.68. The third-order valence-electron chi connectivity index (χ3n) is 3.58. The van der Waals surface area contributed by atoms with E-state index < -0.39 is 0 Å². The van der Waals surface area contributed by atoms with Gasteiger partial charge in [0.1, 0.15) is 6.61 Å². The molecule has 0 heterocycles. The van der Waals surface area contributed by atoms with E-state index in [4.69, 9.17) is 10.5 Å². The van der Waals surface area contributed by atoms with Gasteiger partial charge in [-0.2, -0.15) is 0 Å². The summed E-state index contributed by atoms with van der Waals surface area (Å²) in [4.78, 5) is 22.1. The molecule has 5 nitrogen and oxygen atoms in total. The van der Waals surface area contributed by atoms with Gasteiger partial charge in [-0.1, -0.05) is 62.4 Å². The fraction of sp³-hybridized carbons (Fsp3) is 0.556. The minimum absolute atomic E-state index is 0.213. The van der Waals surface area contributed by atoms with Gasteiger partial charge in [0.2, 0.25) is 5.91 Å². The van der Waals surface area contributed by atoms with Gasteiger partial charge < -0.3 is 15.8 Å². The molecule has 0 radical (unpaired) electrons. The number of unbranched alkanes of at least 4 members (excludes halogenated alkanes) is 6. The maximum absolute atomic E-state index is 11.5. The number of hydrogen-bond acceptors (Lipinski definition) is 3.